The monoisotopic (exact) mass is 437 g/mol. The molecule has 0 radical (unpaired) electrons. The maximum Gasteiger partial charge on any atom is 0.270 e. The summed E-state index contributed by atoms with van der Waals surface area (Å²) in [7, 11) is 0. The number of hydrogen-bond acceptors (Lipinski definition) is 5. The Labute approximate surface area is 186 Å². The standard InChI is InChI=1S/C24H27N3O5/c28-23(25-12-3-1-4-13-25)21(24(29)26-14-5-2-6-15-26)17-20-10-11-22(32-20)18-8-7-9-19(16-18)27(30)31/h7-11,16-17H,1-6,12-15H2. The maximum atomic E-state index is 13.3. The molecule has 8 nitrogen and oxygen atoms in total. The van der Waals surface area contributed by atoms with Crippen LogP contribution >= 0.6 is 0 Å². The molecule has 3 heterocycles. The van der Waals surface area contributed by atoms with Crippen LogP contribution in [0.3, 0.4) is 0 Å². The molecule has 0 atom stereocenters. The summed E-state index contributed by atoms with van der Waals surface area (Å²) in [6.45, 7) is 2.61. The Morgan fingerprint density at radius 3 is 2.03 bits per heavy atom. The maximum absolute atomic E-state index is 13.3. The number of nitro benzene ring substituents is 1. The van der Waals surface area contributed by atoms with Crippen molar-refractivity contribution in [1.29, 1.82) is 0 Å². The Morgan fingerprint density at radius 1 is 0.875 bits per heavy atom. The van der Waals surface area contributed by atoms with E-state index in [1.54, 1.807) is 34.1 Å². The van der Waals surface area contributed by atoms with Crippen molar-refractivity contribution in [2.24, 2.45) is 0 Å². The predicted octanol–water partition coefficient (Wildman–Crippen LogP) is 4.26. The van der Waals surface area contributed by atoms with Crippen molar-refractivity contribution in [2.75, 3.05) is 26.2 Å². The number of likely N-dealkylation sites (tertiary alicyclic amines) is 2. The molecule has 32 heavy (non-hydrogen) atoms. The SMILES string of the molecule is O=C(C(=Cc1ccc(-c2cccc([N+](=O)[O-])c2)o1)C(=O)N1CCCCC1)N1CCCCC1. The van der Waals surface area contributed by atoms with Gasteiger partial charge >= 0.3 is 0 Å². The van der Waals surface area contributed by atoms with Gasteiger partial charge < -0.3 is 14.2 Å². The molecule has 2 aliphatic heterocycles. The summed E-state index contributed by atoms with van der Waals surface area (Å²) in [4.78, 5) is 40.7. The zero-order valence-electron chi connectivity index (χ0n) is 18.0. The van der Waals surface area contributed by atoms with Gasteiger partial charge in [-0.15, -0.1) is 0 Å². The van der Waals surface area contributed by atoms with Crippen molar-refractivity contribution in [3.63, 3.8) is 0 Å². The number of benzene rings is 1. The number of furan rings is 1. The van der Waals surface area contributed by atoms with E-state index in [0.717, 1.165) is 38.5 Å². The van der Waals surface area contributed by atoms with Crippen LogP contribution in [0.2, 0.25) is 0 Å². The third-order valence-electron chi connectivity index (χ3n) is 6.00. The molecule has 0 bridgehead atoms. The number of nitrogens with zero attached hydrogens (tertiary/aromatic N) is 3. The number of piperidine rings is 2. The zero-order valence-corrected chi connectivity index (χ0v) is 18.0. The van der Waals surface area contributed by atoms with E-state index in [0.29, 0.717) is 43.3 Å². The number of carbonyl (C=O) groups excluding carboxylic acids is 2. The van der Waals surface area contributed by atoms with Crippen LogP contribution in [0.5, 0.6) is 0 Å². The highest BCUT2D eigenvalue weighted by atomic mass is 16.6. The fourth-order valence-corrected chi connectivity index (χ4v) is 4.25. The molecule has 0 saturated carbocycles. The van der Waals surface area contributed by atoms with Gasteiger partial charge in [-0.3, -0.25) is 19.7 Å². The lowest BCUT2D eigenvalue weighted by molar-refractivity contribution is -0.384. The van der Waals surface area contributed by atoms with Gasteiger partial charge in [-0.25, -0.2) is 0 Å². The highest BCUT2D eigenvalue weighted by molar-refractivity contribution is 6.21. The number of amides is 2. The molecule has 2 amide bonds. The van der Waals surface area contributed by atoms with Crippen LogP contribution in [0.4, 0.5) is 5.69 Å². The molecule has 8 heteroatoms. The van der Waals surface area contributed by atoms with Crippen molar-refractivity contribution >= 4 is 23.6 Å². The lowest BCUT2D eigenvalue weighted by Gasteiger charge is -2.31. The topological polar surface area (TPSA) is 96.9 Å². The second kappa shape index (κ2) is 9.80. The number of carbonyl (C=O) groups is 2. The van der Waals surface area contributed by atoms with Gasteiger partial charge in [0.2, 0.25) is 0 Å². The molecule has 1 aromatic carbocycles. The Balaban J connectivity index is 1.64. The average Bonchev–Trinajstić information content (AvgIpc) is 3.31. The first kappa shape index (κ1) is 21.8. The minimum Gasteiger partial charge on any atom is -0.457 e. The lowest BCUT2D eigenvalue weighted by Crippen LogP contribution is -2.43. The quantitative estimate of drug-likeness (QED) is 0.229. The van der Waals surface area contributed by atoms with E-state index in [9.17, 15) is 19.7 Å². The first-order valence-corrected chi connectivity index (χ1v) is 11.2. The Bertz CT molecular complexity index is 998. The van der Waals surface area contributed by atoms with E-state index in [1.165, 1.54) is 18.2 Å². The highest BCUT2D eigenvalue weighted by Gasteiger charge is 2.29. The summed E-state index contributed by atoms with van der Waals surface area (Å²) in [5.74, 6) is 0.300. The van der Waals surface area contributed by atoms with Crippen LogP contribution in [0.15, 0.2) is 46.4 Å². The highest BCUT2D eigenvalue weighted by Crippen LogP contribution is 2.27. The van der Waals surface area contributed by atoms with Gasteiger partial charge in [0.05, 0.1) is 4.92 Å². The lowest BCUT2D eigenvalue weighted by atomic mass is 10.1. The fraction of sp³-hybridized carbons (Fsp3) is 0.417. The molecule has 4 rings (SSSR count). The van der Waals surface area contributed by atoms with E-state index >= 15 is 0 Å². The van der Waals surface area contributed by atoms with Gasteiger partial charge in [-0.2, -0.15) is 0 Å². The molecule has 2 fully saturated rings. The summed E-state index contributed by atoms with van der Waals surface area (Å²) in [5, 5.41) is 11.1. The summed E-state index contributed by atoms with van der Waals surface area (Å²) in [6, 6.07) is 9.54. The van der Waals surface area contributed by atoms with Crippen LogP contribution < -0.4 is 0 Å². The smallest absolute Gasteiger partial charge is 0.270 e. The molecular weight excluding hydrogens is 410 g/mol. The van der Waals surface area contributed by atoms with Crippen LogP contribution in [0.25, 0.3) is 17.4 Å². The molecule has 0 unspecified atom stereocenters. The molecule has 1 aromatic heterocycles. The summed E-state index contributed by atoms with van der Waals surface area (Å²) in [5.41, 5.74) is 0.649. The average molecular weight is 437 g/mol. The molecule has 0 aliphatic carbocycles. The number of rotatable bonds is 5. The van der Waals surface area contributed by atoms with Gasteiger partial charge in [0.15, 0.2) is 0 Å². The van der Waals surface area contributed by atoms with Crippen LogP contribution in [-0.4, -0.2) is 52.7 Å². The molecule has 2 saturated heterocycles. The van der Waals surface area contributed by atoms with E-state index in [4.69, 9.17) is 4.42 Å². The molecule has 2 aromatic rings. The van der Waals surface area contributed by atoms with Crippen molar-refractivity contribution in [2.45, 2.75) is 38.5 Å². The first-order valence-electron chi connectivity index (χ1n) is 11.2. The van der Waals surface area contributed by atoms with E-state index in [1.807, 2.05) is 0 Å². The van der Waals surface area contributed by atoms with Crippen molar-refractivity contribution in [3.05, 3.63) is 57.8 Å². The number of hydrogen-bond donors (Lipinski definition) is 0. The second-order valence-electron chi connectivity index (χ2n) is 8.27. The predicted molar refractivity (Wildman–Crippen MR) is 120 cm³/mol. The van der Waals surface area contributed by atoms with Crippen molar-refractivity contribution in [3.8, 4) is 11.3 Å². The van der Waals surface area contributed by atoms with Gasteiger partial charge in [0.1, 0.15) is 17.1 Å². The largest absolute Gasteiger partial charge is 0.457 e. The van der Waals surface area contributed by atoms with Gasteiger partial charge in [-0.1, -0.05) is 12.1 Å². The minimum atomic E-state index is -0.458. The van der Waals surface area contributed by atoms with Crippen molar-refractivity contribution < 1.29 is 18.9 Å². The number of non-ortho nitro benzene ring substituents is 1. The van der Waals surface area contributed by atoms with Gasteiger partial charge in [0, 0.05) is 43.9 Å². The minimum absolute atomic E-state index is 0.0303. The number of nitro groups is 1. The van der Waals surface area contributed by atoms with E-state index in [2.05, 4.69) is 0 Å². The van der Waals surface area contributed by atoms with Gasteiger partial charge in [0.25, 0.3) is 17.5 Å². The molecule has 0 N–H and O–H groups in total. The Kier molecular flexibility index (Phi) is 6.68. The summed E-state index contributed by atoms with van der Waals surface area (Å²) >= 11 is 0. The zero-order chi connectivity index (χ0) is 22.5. The molecule has 0 spiro atoms. The van der Waals surface area contributed by atoms with Crippen molar-refractivity contribution in [1.82, 2.24) is 9.80 Å². The third kappa shape index (κ3) is 4.90. The molecule has 2 aliphatic rings. The second-order valence-corrected chi connectivity index (χ2v) is 8.27. The summed E-state index contributed by atoms with van der Waals surface area (Å²) in [6.07, 6.45) is 7.46. The summed E-state index contributed by atoms with van der Waals surface area (Å²) < 4.78 is 5.87. The van der Waals surface area contributed by atoms with E-state index in [-0.39, 0.29) is 23.1 Å². The fourth-order valence-electron chi connectivity index (χ4n) is 4.25. The molecular formula is C24H27N3O5. The normalized spacial score (nSPS) is 16.5. The van der Waals surface area contributed by atoms with Crippen LogP contribution in [0.1, 0.15) is 44.3 Å². The molecule has 168 valence electrons. The Morgan fingerprint density at radius 2 is 1.47 bits per heavy atom. The first-order chi connectivity index (χ1) is 15.5. The van der Waals surface area contributed by atoms with Crippen LogP contribution in [-0.2, 0) is 9.59 Å². The van der Waals surface area contributed by atoms with E-state index < -0.39 is 4.92 Å². The third-order valence-corrected chi connectivity index (χ3v) is 6.00. The Hall–Kier alpha value is -3.42. The van der Waals surface area contributed by atoms with Gasteiger partial charge in [-0.05, 0) is 56.7 Å². The van der Waals surface area contributed by atoms with Crippen LogP contribution in [0, 0.1) is 10.1 Å².